The lowest BCUT2D eigenvalue weighted by molar-refractivity contribution is 0.173. The molecule has 0 radical (unpaired) electrons. The highest BCUT2D eigenvalue weighted by Gasteiger charge is 2.39. The quantitative estimate of drug-likeness (QED) is 0.833. The number of carbonyl (C=O) groups excluding carboxylic acids is 1. The van der Waals surface area contributed by atoms with E-state index >= 15 is 0 Å². The highest BCUT2D eigenvalue weighted by atomic mass is 16.3. The number of benzene rings is 1. The van der Waals surface area contributed by atoms with Crippen LogP contribution in [-0.2, 0) is 0 Å². The van der Waals surface area contributed by atoms with Crippen LogP contribution < -0.4 is 5.32 Å². The zero-order valence-corrected chi connectivity index (χ0v) is 11.7. The van der Waals surface area contributed by atoms with Gasteiger partial charge in [-0.05, 0) is 36.7 Å². The van der Waals surface area contributed by atoms with Crippen LogP contribution in [0.3, 0.4) is 0 Å². The summed E-state index contributed by atoms with van der Waals surface area (Å²) in [6.45, 7) is 1.23. The van der Waals surface area contributed by atoms with Crippen molar-refractivity contribution < 1.29 is 9.90 Å². The predicted octanol–water partition coefficient (Wildman–Crippen LogP) is 1.96. The summed E-state index contributed by atoms with van der Waals surface area (Å²) in [4.78, 5) is 13.9. The van der Waals surface area contributed by atoms with Crippen LogP contribution in [0, 0.1) is 5.92 Å². The van der Waals surface area contributed by atoms with Crippen molar-refractivity contribution >= 4 is 6.03 Å². The number of carbonyl (C=O) groups is 1. The summed E-state index contributed by atoms with van der Waals surface area (Å²) in [6, 6.07) is 10.8. The van der Waals surface area contributed by atoms with Crippen LogP contribution in [0.1, 0.15) is 30.7 Å². The maximum absolute atomic E-state index is 12.1. The molecule has 2 aliphatic rings. The normalized spacial score (nSPS) is 24.2. The van der Waals surface area contributed by atoms with Crippen molar-refractivity contribution in [1.82, 2.24) is 10.2 Å². The van der Waals surface area contributed by atoms with Crippen LogP contribution in [0.5, 0.6) is 0 Å². The third-order valence-corrected chi connectivity index (χ3v) is 4.26. The Kier molecular flexibility index (Phi) is 3.92. The van der Waals surface area contributed by atoms with Gasteiger partial charge in [-0.1, -0.05) is 30.3 Å². The van der Waals surface area contributed by atoms with Crippen molar-refractivity contribution in [3.63, 3.8) is 0 Å². The van der Waals surface area contributed by atoms with E-state index in [2.05, 4.69) is 29.6 Å². The molecule has 2 aliphatic carbocycles. The second kappa shape index (κ2) is 5.83. The van der Waals surface area contributed by atoms with Crippen molar-refractivity contribution in [2.75, 3.05) is 19.7 Å². The van der Waals surface area contributed by atoms with Crippen molar-refractivity contribution in [2.24, 2.45) is 5.92 Å². The van der Waals surface area contributed by atoms with Gasteiger partial charge < -0.3 is 15.3 Å². The van der Waals surface area contributed by atoms with Crippen molar-refractivity contribution in [3.8, 4) is 0 Å². The van der Waals surface area contributed by atoms with Gasteiger partial charge in [0.05, 0.1) is 6.61 Å². The molecule has 2 saturated carbocycles. The van der Waals surface area contributed by atoms with Crippen LogP contribution in [0.25, 0.3) is 0 Å². The summed E-state index contributed by atoms with van der Waals surface area (Å²) in [5.41, 5.74) is 1.38. The monoisotopic (exact) mass is 274 g/mol. The zero-order valence-electron chi connectivity index (χ0n) is 11.7. The number of amides is 2. The Morgan fingerprint density at radius 2 is 2.05 bits per heavy atom. The average molecular weight is 274 g/mol. The first-order valence-electron chi connectivity index (χ1n) is 7.50. The van der Waals surface area contributed by atoms with Gasteiger partial charge in [0, 0.05) is 19.1 Å². The number of rotatable bonds is 6. The summed E-state index contributed by atoms with van der Waals surface area (Å²) < 4.78 is 0. The molecule has 2 amide bonds. The van der Waals surface area contributed by atoms with Gasteiger partial charge in [-0.3, -0.25) is 0 Å². The first-order chi connectivity index (χ1) is 9.79. The SMILES string of the molecule is O=C(NCC1CC1c1ccccc1)N(CCO)C1CC1. The number of nitrogens with zero attached hydrogens (tertiary/aromatic N) is 1. The van der Waals surface area contributed by atoms with Gasteiger partial charge in [-0.25, -0.2) is 4.79 Å². The van der Waals surface area contributed by atoms with Crippen molar-refractivity contribution in [2.45, 2.75) is 31.2 Å². The van der Waals surface area contributed by atoms with Crippen LogP contribution in [-0.4, -0.2) is 41.8 Å². The summed E-state index contributed by atoms with van der Waals surface area (Å²) in [5, 5.41) is 12.0. The molecular weight excluding hydrogens is 252 g/mol. The average Bonchev–Trinajstić information content (AvgIpc) is 3.37. The number of aliphatic hydroxyl groups excluding tert-OH is 1. The fourth-order valence-corrected chi connectivity index (χ4v) is 2.85. The number of hydrogen-bond donors (Lipinski definition) is 2. The molecule has 1 aromatic rings. The molecule has 0 aliphatic heterocycles. The van der Waals surface area contributed by atoms with Crippen LogP contribution in [0.15, 0.2) is 30.3 Å². The van der Waals surface area contributed by atoms with Crippen molar-refractivity contribution in [3.05, 3.63) is 35.9 Å². The number of nitrogens with one attached hydrogen (secondary N) is 1. The topological polar surface area (TPSA) is 52.6 Å². The van der Waals surface area contributed by atoms with E-state index in [4.69, 9.17) is 5.11 Å². The Labute approximate surface area is 119 Å². The number of aliphatic hydroxyl groups is 1. The third kappa shape index (κ3) is 3.12. The molecule has 0 bridgehead atoms. The van der Waals surface area contributed by atoms with Crippen LogP contribution >= 0.6 is 0 Å². The minimum absolute atomic E-state index is 0.0136. The van der Waals surface area contributed by atoms with E-state index in [1.54, 1.807) is 4.90 Å². The first-order valence-corrected chi connectivity index (χ1v) is 7.50. The number of hydrogen-bond acceptors (Lipinski definition) is 2. The lowest BCUT2D eigenvalue weighted by Gasteiger charge is -2.21. The Hall–Kier alpha value is -1.55. The molecule has 2 unspecified atom stereocenters. The van der Waals surface area contributed by atoms with Gasteiger partial charge >= 0.3 is 6.03 Å². The molecule has 2 N–H and O–H groups in total. The third-order valence-electron chi connectivity index (χ3n) is 4.26. The fraction of sp³-hybridized carbons (Fsp3) is 0.562. The Morgan fingerprint density at radius 1 is 1.30 bits per heavy atom. The number of urea groups is 1. The molecule has 0 heterocycles. The van der Waals surface area contributed by atoms with Gasteiger partial charge in [0.1, 0.15) is 0 Å². The lowest BCUT2D eigenvalue weighted by Crippen LogP contribution is -2.43. The second-order valence-corrected chi connectivity index (χ2v) is 5.85. The molecule has 4 heteroatoms. The maximum atomic E-state index is 12.1. The smallest absolute Gasteiger partial charge is 0.317 e. The Bertz CT molecular complexity index is 459. The van der Waals surface area contributed by atoms with Gasteiger partial charge in [0.15, 0.2) is 0 Å². The molecule has 4 nitrogen and oxygen atoms in total. The highest BCUT2D eigenvalue weighted by Crippen LogP contribution is 2.46. The Balaban J connectivity index is 1.45. The summed E-state index contributed by atoms with van der Waals surface area (Å²) >= 11 is 0. The molecule has 0 spiro atoms. The highest BCUT2D eigenvalue weighted by molar-refractivity contribution is 5.75. The second-order valence-electron chi connectivity index (χ2n) is 5.85. The molecule has 0 saturated heterocycles. The van der Waals surface area contributed by atoms with E-state index in [0.717, 1.165) is 25.8 Å². The molecule has 3 rings (SSSR count). The molecular formula is C16H22N2O2. The zero-order chi connectivity index (χ0) is 13.9. The predicted molar refractivity (Wildman–Crippen MR) is 77.5 cm³/mol. The van der Waals surface area contributed by atoms with E-state index in [1.165, 1.54) is 5.56 Å². The standard InChI is InChI=1S/C16H22N2O2/c19-9-8-18(14-6-7-14)16(20)17-11-13-10-15(13)12-4-2-1-3-5-12/h1-5,13-15,19H,6-11H2,(H,17,20). The minimum atomic E-state index is -0.0136. The summed E-state index contributed by atoms with van der Waals surface area (Å²) in [6.07, 6.45) is 3.31. The summed E-state index contributed by atoms with van der Waals surface area (Å²) in [5.74, 6) is 1.17. The van der Waals surface area contributed by atoms with E-state index in [9.17, 15) is 4.79 Å². The van der Waals surface area contributed by atoms with E-state index < -0.39 is 0 Å². The molecule has 1 aromatic carbocycles. The van der Waals surface area contributed by atoms with Crippen molar-refractivity contribution in [1.29, 1.82) is 0 Å². The van der Waals surface area contributed by atoms with E-state index in [1.807, 2.05) is 6.07 Å². The van der Waals surface area contributed by atoms with E-state index in [-0.39, 0.29) is 12.6 Å². The van der Waals surface area contributed by atoms with Gasteiger partial charge in [-0.2, -0.15) is 0 Å². The molecule has 2 atom stereocenters. The van der Waals surface area contributed by atoms with Gasteiger partial charge in [0.25, 0.3) is 0 Å². The molecule has 2 fully saturated rings. The van der Waals surface area contributed by atoms with E-state index in [0.29, 0.717) is 24.4 Å². The summed E-state index contributed by atoms with van der Waals surface area (Å²) in [7, 11) is 0. The van der Waals surface area contributed by atoms with Gasteiger partial charge in [0.2, 0.25) is 0 Å². The maximum Gasteiger partial charge on any atom is 0.317 e. The van der Waals surface area contributed by atoms with Crippen LogP contribution in [0.2, 0.25) is 0 Å². The first kappa shape index (κ1) is 13.4. The minimum Gasteiger partial charge on any atom is -0.395 e. The van der Waals surface area contributed by atoms with Crippen LogP contribution in [0.4, 0.5) is 4.79 Å². The molecule has 20 heavy (non-hydrogen) atoms. The molecule has 108 valence electrons. The largest absolute Gasteiger partial charge is 0.395 e. The molecule has 0 aromatic heterocycles. The Morgan fingerprint density at radius 3 is 2.70 bits per heavy atom. The fourth-order valence-electron chi connectivity index (χ4n) is 2.85. The van der Waals surface area contributed by atoms with Gasteiger partial charge in [-0.15, -0.1) is 0 Å². The lowest BCUT2D eigenvalue weighted by atomic mass is 10.1.